The molecule has 0 bridgehead atoms. The third-order valence-corrected chi connectivity index (χ3v) is 5.17. The zero-order chi connectivity index (χ0) is 17.8. The number of carbonyl (C=O) groups excluding carboxylic acids is 1. The van der Waals surface area contributed by atoms with Gasteiger partial charge >= 0.3 is 0 Å². The monoisotopic (exact) mass is 361 g/mol. The molecule has 134 valence electrons. The van der Waals surface area contributed by atoms with Crippen LogP contribution in [0.15, 0.2) is 12.3 Å². The van der Waals surface area contributed by atoms with Crippen LogP contribution in [0.5, 0.6) is 0 Å². The van der Waals surface area contributed by atoms with Crippen LogP contribution in [0, 0.1) is 6.92 Å². The van der Waals surface area contributed by atoms with E-state index in [1.165, 1.54) is 36.9 Å². The smallest absolute Gasteiger partial charge is 0.260 e. The van der Waals surface area contributed by atoms with E-state index in [9.17, 15) is 4.79 Å². The fourth-order valence-electron chi connectivity index (χ4n) is 3.04. The molecule has 1 aliphatic rings. The van der Waals surface area contributed by atoms with E-state index in [1.807, 2.05) is 13.0 Å². The molecule has 1 atom stereocenters. The fourth-order valence-corrected chi connectivity index (χ4v) is 3.72. The van der Waals surface area contributed by atoms with Gasteiger partial charge in [-0.2, -0.15) is 0 Å². The molecule has 0 unspecified atom stereocenters. The van der Waals surface area contributed by atoms with E-state index < -0.39 is 5.91 Å². The summed E-state index contributed by atoms with van der Waals surface area (Å²) < 4.78 is 0. The maximum atomic E-state index is 11.2. The van der Waals surface area contributed by atoms with E-state index in [1.54, 1.807) is 0 Å². The highest BCUT2D eigenvalue weighted by Crippen LogP contribution is 2.23. The van der Waals surface area contributed by atoms with E-state index >= 15 is 0 Å². The Morgan fingerprint density at radius 2 is 2.24 bits per heavy atom. The number of amides is 1. The van der Waals surface area contributed by atoms with Crippen molar-refractivity contribution in [1.29, 1.82) is 0 Å². The lowest BCUT2D eigenvalue weighted by molar-refractivity contribution is 0.100. The quantitative estimate of drug-likeness (QED) is 0.692. The minimum atomic E-state index is -0.483. The summed E-state index contributed by atoms with van der Waals surface area (Å²) in [6.07, 6.45) is 3.93. The van der Waals surface area contributed by atoms with Crippen molar-refractivity contribution in [3.63, 3.8) is 0 Å². The van der Waals surface area contributed by atoms with Crippen LogP contribution >= 0.6 is 11.3 Å². The Kier molecular flexibility index (Phi) is 5.44. The summed E-state index contributed by atoms with van der Waals surface area (Å²) >= 11 is 1.20. The molecule has 3 rings (SSSR count). The molecule has 9 heteroatoms. The van der Waals surface area contributed by atoms with Gasteiger partial charge < -0.3 is 16.4 Å². The summed E-state index contributed by atoms with van der Waals surface area (Å²) in [5.74, 6) is 1.60. The second-order valence-electron chi connectivity index (χ2n) is 6.01. The normalized spacial score (nSPS) is 17.6. The standard InChI is InChI=1S/C16H23N7OS/c1-3-23-6-4-5-11(23)8-18-13-7-14(21-10(2)20-13)22-16-19-9-12(25-16)15(17)24/h7,9,11H,3-6,8H2,1-2H3,(H2,17,24)(H2,18,19,20,21,22)/t11-/m1/s1. The number of anilines is 3. The molecule has 0 aliphatic carbocycles. The second kappa shape index (κ2) is 7.75. The van der Waals surface area contributed by atoms with Crippen LogP contribution in [-0.4, -0.2) is 51.4 Å². The number of nitrogens with two attached hydrogens (primary N) is 1. The number of likely N-dealkylation sites (tertiary alicyclic amines) is 1. The number of nitrogens with one attached hydrogen (secondary N) is 2. The SMILES string of the molecule is CCN1CCC[C@@H]1CNc1cc(Nc2ncc(C(N)=O)s2)nc(C)n1. The van der Waals surface area contributed by atoms with Crippen molar-refractivity contribution in [2.75, 3.05) is 30.3 Å². The van der Waals surface area contributed by atoms with Crippen molar-refractivity contribution < 1.29 is 4.79 Å². The van der Waals surface area contributed by atoms with E-state index in [-0.39, 0.29) is 0 Å². The fraction of sp³-hybridized carbons (Fsp3) is 0.500. The van der Waals surface area contributed by atoms with E-state index in [4.69, 9.17) is 5.73 Å². The van der Waals surface area contributed by atoms with Gasteiger partial charge in [-0.25, -0.2) is 15.0 Å². The van der Waals surface area contributed by atoms with E-state index in [2.05, 4.69) is 37.4 Å². The first-order valence-corrected chi connectivity index (χ1v) is 9.23. The summed E-state index contributed by atoms with van der Waals surface area (Å²) in [7, 11) is 0. The van der Waals surface area contributed by atoms with Gasteiger partial charge in [0, 0.05) is 18.7 Å². The second-order valence-corrected chi connectivity index (χ2v) is 7.04. The Morgan fingerprint density at radius 1 is 1.44 bits per heavy atom. The average molecular weight is 361 g/mol. The van der Waals surface area contributed by atoms with Gasteiger partial charge in [-0.05, 0) is 32.9 Å². The number of likely N-dealkylation sites (N-methyl/N-ethyl adjacent to an activating group) is 1. The van der Waals surface area contributed by atoms with Crippen molar-refractivity contribution in [1.82, 2.24) is 19.9 Å². The topological polar surface area (TPSA) is 109 Å². The van der Waals surface area contributed by atoms with Gasteiger partial charge in [-0.15, -0.1) is 0 Å². The average Bonchev–Trinajstić information content (AvgIpc) is 3.21. The Labute approximate surface area is 150 Å². The molecule has 1 aliphatic heterocycles. The van der Waals surface area contributed by atoms with Crippen LogP contribution in [0.1, 0.15) is 35.3 Å². The molecule has 1 saturated heterocycles. The largest absolute Gasteiger partial charge is 0.368 e. The van der Waals surface area contributed by atoms with Gasteiger partial charge in [-0.1, -0.05) is 18.3 Å². The number of thiazole rings is 1. The maximum Gasteiger partial charge on any atom is 0.260 e. The van der Waals surface area contributed by atoms with Crippen molar-refractivity contribution in [2.24, 2.45) is 5.73 Å². The Hall–Kier alpha value is -2.26. The first kappa shape index (κ1) is 17.6. The Morgan fingerprint density at radius 3 is 2.96 bits per heavy atom. The molecular formula is C16H23N7OS. The summed E-state index contributed by atoms with van der Waals surface area (Å²) in [5, 5.41) is 7.10. The zero-order valence-corrected chi connectivity index (χ0v) is 15.3. The van der Waals surface area contributed by atoms with Crippen molar-refractivity contribution >= 4 is 34.0 Å². The molecular weight excluding hydrogens is 338 g/mol. The van der Waals surface area contributed by atoms with Crippen LogP contribution < -0.4 is 16.4 Å². The number of hydrogen-bond acceptors (Lipinski definition) is 8. The molecule has 25 heavy (non-hydrogen) atoms. The maximum absolute atomic E-state index is 11.2. The molecule has 2 aromatic rings. The van der Waals surface area contributed by atoms with E-state index in [0.29, 0.717) is 27.7 Å². The number of hydrogen-bond donors (Lipinski definition) is 3. The lowest BCUT2D eigenvalue weighted by Gasteiger charge is -2.23. The molecule has 2 aromatic heterocycles. The van der Waals surface area contributed by atoms with Gasteiger partial charge in [0.25, 0.3) is 5.91 Å². The minimum absolute atomic E-state index is 0.410. The lowest BCUT2D eigenvalue weighted by Crippen LogP contribution is -2.34. The van der Waals surface area contributed by atoms with Gasteiger partial charge in [0.2, 0.25) is 0 Å². The first-order valence-electron chi connectivity index (χ1n) is 8.41. The van der Waals surface area contributed by atoms with Crippen molar-refractivity contribution in [2.45, 2.75) is 32.7 Å². The third kappa shape index (κ3) is 4.43. The predicted molar refractivity (Wildman–Crippen MR) is 99.4 cm³/mol. The number of aromatic nitrogens is 3. The molecule has 8 nitrogen and oxygen atoms in total. The highest BCUT2D eigenvalue weighted by molar-refractivity contribution is 7.17. The molecule has 1 amide bonds. The van der Waals surface area contributed by atoms with Crippen molar-refractivity contribution in [3.8, 4) is 0 Å². The van der Waals surface area contributed by atoms with Crippen molar-refractivity contribution in [3.05, 3.63) is 23.0 Å². The highest BCUT2D eigenvalue weighted by atomic mass is 32.1. The summed E-state index contributed by atoms with van der Waals surface area (Å²) in [5.41, 5.74) is 5.25. The summed E-state index contributed by atoms with van der Waals surface area (Å²) in [6.45, 7) is 7.16. The van der Waals surface area contributed by atoms with E-state index in [0.717, 1.165) is 18.9 Å². The number of aryl methyl sites for hydroxylation is 1. The lowest BCUT2D eigenvalue weighted by atomic mass is 10.2. The third-order valence-electron chi connectivity index (χ3n) is 4.25. The number of nitrogens with zero attached hydrogens (tertiary/aromatic N) is 4. The zero-order valence-electron chi connectivity index (χ0n) is 14.5. The van der Waals surface area contributed by atoms with Gasteiger partial charge in [0.1, 0.15) is 22.3 Å². The first-order chi connectivity index (χ1) is 12.0. The van der Waals surface area contributed by atoms with Gasteiger partial charge in [-0.3, -0.25) is 9.69 Å². The van der Waals surface area contributed by atoms with Crippen LogP contribution in [-0.2, 0) is 0 Å². The minimum Gasteiger partial charge on any atom is -0.368 e. The molecule has 1 fully saturated rings. The summed E-state index contributed by atoms with van der Waals surface area (Å²) in [4.78, 5) is 27.0. The van der Waals surface area contributed by atoms with Crippen LogP contribution in [0.3, 0.4) is 0 Å². The Bertz CT molecular complexity index is 748. The van der Waals surface area contributed by atoms with Crippen LogP contribution in [0.25, 0.3) is 0 Å². The summed E-state index contributed by atoms with van der Waals surface area (Å²) in [6, 6.07) is 2.40. The molecule has 0 saturated carbocycles. The molecule has 3 heterocycles. The Balaban J connectivity index is 1.66. The van der Waals surface area contributed by atoms with Crippen LogP contribution in [0.2, 0.25) is 0 Å². The molecule has 0 radical (unpaired) electrons. The van der Waals surface area contributed by atoms with Gasteiger partial charge in [0.15, 0.2) is 5.13 Å². The highest BCUT2D eigenvalue weighted by Gasteiger charge is 2.22. The predicted octanol–water partition coefficient (Wildman–Crippen LogP) is 1.98. The number of primary amides is 1. The number of rotatable bonds is 7. The molecule has 4 N–H and O–H groups in total. The number of carbonyl (C=O) groups is 1. The molecule has 0 aromatic carbocycles. The van der Waals surface area contributed by atoms with Crippen LogP contribution in [0.4, 0.5) is 16.8 Å². The van der Waals surface area contributed by atoms with Gasteiger partial charge in [0.05, 0.1) is 6.20 Å². The molecule has 0 spiro atoms.